The highest BCUT2D eigenvalue weighted by molar-refractivity contribution is 5.26. The molecule has 0 saturated heterocycles. The Labute approximate surface area is 116 Å². The van der Waals surface area contributed by atoms with Gasteiger partial charge < -0.3 is 15.5 Å². The van der Waals surface area contributed by atoms with Crippen molar-refractivity contribution in [3.63, 3.8) is 0 Å². The van der Waals surface area contributed by atoms with E-state index < -0.39 is 6.10 Å². The van der Waals surface area contributed by atoms with Crippen molar-refractivity contribution in [2.75, 3.05) is 13.1 Å². The Balaban J connectivity index is 2.34. The summed E-state index contributed by atoms with van der Waals surface area (Å²) in [6, 6.07) is 8.12. The van der Waals surface area contributed by atoms with Crippen molar-refractivity contribution < 1.29 is 10.2 Å². The molecule has 2 unspecified atom stereocenters. The second-order valence-corrected chi connectivity index (χ2v) is 5.39. The Hall–Kier alpha value is -0.900. The van der Waals surface area contributed by atoms with Crippen LogP contribution in [0.25, 0.3) is 0 Å². The molecule has 0 aliphatic carbocycles. The van der Waals surface area contributed by atoms with Crippen molar-refractivity contribution in [1.29, 1.82) is 0 Å². The Morgan fingerprint density at radius 1 is 1.05 bits per heavy atom. The molecule has 1 aromatic carbocycles. The third kappa shape index (κ3) is 5.72. The average molecular weight is 265 g/mol. The number of hydrogen-bond acceptors (Lipinski definition) is 3. The van der Waals surface area contributed by atoms with Crippen LogP contribution in [0.5, 0.6) is 0 Å². The lowest BCUT2D eigenvalue weighted by molar-refractivity contribution is 0.150. The molecule has 3 N–H and O–H groups in total. The van der Waals surface area contributed by atoms with Gasteiger partial charge in [-0.15, -0.1) is 0 Å². The summed E-state index contributed by atoms with van der Waals surface area (Å²) in [4.78, 5) is 0. The van der Waals surface area contributed by atoms with Gasteiger partial charge in [-0.3, -0.25) is 0 Å². The molecular weight excluding hydrogens is 238 g/mol. The van der Waals surface area contributed by atoms with Gasteiger partial charge in [0.15, 0.2) is 0 Å². The molecule has 0 saturated carbocycles. The highest BCUT2D eigenvalue weighted by Crippen LogP contribution is 2.18. The van der Waals surface area contributed by atoms with Gasteiger partial charge in [0.1, 0.15) is 0 Å². The number of aliphatic hydroxyl groups is 2. The van der Waals surface area contributed by atoms with E-state index in [2.05, 4.69) is 31.3 Å². The summed E-state index contributed by atoms with van der Waals surface area (Å²) in [5, 5.41) is 22.6. The molecule has 19 heavy (non-hydrogen) atoms. The zero-order valence-electron chi connectivity index (χ0n) is 12.3. The van der Waals surface area contributed by atoms with Gasteiger partial charge in [0, 0.05) is 6.54 Å². The number of aliphatic hydroxyl groups excluding tert-OH is 2. The lowest BCUT2D eigenvalue weighted by Crippen LogP contribution is -2.25. The van der Waals surface area contributed by atoms with Crippen LogP contribution in [0.3, 0.4) is 0 Å². The smallest absolute Gasteiger partial charge is 0.0914 e. The molecule has 1 aromatic rings. The highest BCUT2D eigenvalue weighted by Gasteiger charge is 2.08. The van der Waals surface area contributed by atoms with Crippen molar-refractivity contribution in [2.24, 2.45) is 0 Å². The molecule has 0 radical (unpaired) electrons. The summed E-state index contributed by atoms with van der Waals surface area (Å²) in [6.45, 7) is 7.54. The predicted octanol–water partition coefficient (Wildman–Crippen LogP) is 2.59. The lowest BCUT2D eigenvalue weighted by Gasteiger charge is -2.14. The van der Waals surface area contributed by atoms with Crippen LogP contribution in [0, 0.1) is 0 Å². The number of rotatable bonds is 8. The van der Waals surface area contributed by atoms with Crippen molar-refractivity contribution >= 4 is 0 Å². The predicted molar refractivity (Wildman–Crippen MR) is 79.3 cm³/mol. The van der Waals surface area contributed by atoms with Crippen LogP contribution in [-0.4, -0.2) is 29.4 Å². The van der Waals surface area contributed by atoms with Crippen molar-refractivity contribution in [3.05, 3.63) is 35.4 Å². The summed E-state index contributed by atoms with van der Waals surface area (Å²) in [5.74, 6) is 0.514. The molecule has 2 atom stereocenters. The van der Waals surface area contributed by atoms with Crippen LogP contribution in [0.2, 0.25) is 0 Å². The maximum absolute atomic E-state index is 10.0. The molecule has 0 amide bonds. The molecule has 108 valence electrons. The topological polar surface area (TPSA) is 52.5 Å². The monoisotopic (exact) mass is 265 g/mol. The van der Waals surface area contributed by atoms with Gasteiger partial charge in [0.2, 0.25) is 0 Å². The first kappa shape index (κ1) is 16.2. The summed E-state index contributed by atoms with van der Waals surface area (Å²) < 4.78 is 0. The van der Waals surface area contributed by atoms with Crippen LogP contribution in [0.15, 0.2) is 24.3 Å². The van der Waals surface area contributed by atoms with Crippen LogP contribution < -0.4 is 5.32 Å². The third-order valence-corrected chi connectivity index (χ3v) is 3.45. The Morgan fingerprint density at radius 2 is 1.63 bits per heavy atom. The van der Waals surface area contributed by atoms with E-state index in [0.717, 1.165) is 24.9 Å². The molecule has 0 aliphatic rings. The number of benzene rings is 1. The first-order valence-electron chi connectivity index (χ1n) is 7.21. The van der Waals surface area contributed by atoms with E-state index in [1.54, 1.807) is 0 Å². The van der Waals surface area contributed by atoms with Crippen molar-refractivity contribution in [1.82, 2.24) is 5.32 Å². The van der Waals surface area contributed by atoms with Gasteiger partial charge in [-0.1, -0.05) is 45.0 Å². The molecule has 1 rings (SSSR count). The SMILES string of the molecule is CCC(O)CCNCC(O)c1ccc(C(C)C)cc1. The minimum absolute atomic E-state index is 0.241. The van der Waals surface area contributed by atoms with Gasteiger partial charge in [-0.25, -0.2) is 0 Å². The van der Waals surface area contributed by atoms with Gasteiger partial charge in [-0.2, -0.15) is 0 Å². The van der Waals surface area contributed by atoms with Gasteiger partial charge in [0.25, 0.3) is 0 Å². The molecule has 0 fully saturated rings. The Bertz CT molecular complexity index is 348. The van der Waals surface area contributed by atoms with E-state index in [1.165, 1.54) is 5.56 Å². The minimum atomic E-state index is -0.486. The van der Waals surface area contributed by atoms with E-state index in [-0.39, 0.29) is 6.10 Å². The first-order chi connectivity index (χ1) is 9.04. The van der Waals surface area contributed by atoms with Crippen LogP contribution >= 0.6 is 0 Å². The normalized spacial score (nSPS) is 14.6. The van der Waals surface area contributed by atoms with Gasteiger partial charge in [-0.05, 0) is 36.4 Å². The summed E-state index contributed by atoms with van der Waals surface area (Å²) in [5.41, 5.74) is 2.22. The van der Waals surface area contributed by atoms with Crippen molar-refractivity contribution in [3.8, 4) is 0 Å². The zero-order chi connectivity index (χ0) is 14.3. The second kappa shape index (κ2) is 8.31. The van der Waals surface area contributed by atoms with Crippen LogP contribution in [0.1, 0.15) is 56.8 Å². The fourth-order valence-corrected chi connectivity index (χ4v) is 1.93. The van der Waals surface area contributed by atoms with E-state index in [0.29, 0.717) is 12.5 Å². The van der Waals surface area contributed by atoms with Gasteiger partial charge >= 0.3 is 0 Å². The molecule has 3 nitrogen and oxygen atoms in total. The molecule has 3 heteroatoms. The quantitative estimate of drug-likeness (QED) is 0.633. The summed E-state index contributed by atoms with van der Waals surface area (Å²) in [7, 11) is 0. The maximum atomic E-state index is 10.0. The first-order valence-corrected chi connectivity index (χ1v) is 7.21. The fourth-order valence-electron chi connectivity index (χ4n) is 1.93. The standard InChI is InChI=1S/C16H27NO2/c1-4-15(18)9-10-17-11-16(19)14-7-5-13(6-8-14)12(2)3/h5-8,12,15-19H,4,9-11H2,1-3H3. The summed E-state index contributed by atoms with van der Waals surface area (Å²) >= 11 is 0. The number of nitrogens with one attached hydrogen (secondary N) is 1. The fraction of sp³-hybridized carbons (Fsp3) is 0.625. The van der Waals surface area contributed by atoms with E-state index >= 15 is 0 Å². The molecular formula is C16H27NO2. The van der Waals surface area contributed by atoms with E-state index in [1.807, 2.05) is 19.1 Å². The molecule has 0 spiro atoms. The number of hydrogen-bond donors (Lipinski definition) is 3. The Morgan fingerprint density at radius 3 is 2.16 bits per heavy atom. The zero-order valence-corrected chi connectivity index (χ0v) is 12.3. The third-order valence-electron chi connectivity index (χ3n) is 3.45. The average Bonchev–Trinajstić information content (AvgIpc) is 2.43. The van der Waals surface area contributed by atoms with Crippen LogP contribution in [-0.2, 0) is 0 Å². The molecule has 0 bridgehead atoms. The van der Waals surface area contributed by atoms with Gasteiger partial charge in [0.05, 0.1) is 12.2 Å². The largest absolute Gasteiger partial charge is 0.393 e. The summed E-state index contributed by atoms with van der Waals surface area (Å²) in [6.07, 6.45) is 0.783. The minimum Gasteiger partial charge on any atom is -0.393 e. The lowest BCUT2D eigenvalue weighted by atomic mass is 10.00. The second-order valence-electron chi connectivity index (χ2n) is 5.39. The highest BCUT2D eigenvalue weighted by atomic mass is 16.3. The van der Waals surface area contributed by atoms with Crippen LogP contribution in [0.4, 0.5) is 0 Å². The van der Waals surface area contributed by atoms with E-state index in [9.17, 15) is 10.2 Å². The molecule has 0 heterocycles. The van der Waals surface area contributed by atoms with E-state index in [4.69, 9.17) is 0 Å². The Kier molecular flexibility index (Phi) is 7.06. The molecule has 0 aromatic heterocycles. The molecule has 0 aliphatic heterocycles. The van der Waals surface area contributed by atoms with Crippen molar-refractivity contribution in [2.45, 2.75) is 51.7 Å². The maximum Gasteiger partial charge on any atom is 0.0914 e.